The van der Waals surface area contributed by atoms with Crippen molar-refractivity contribution in [3.05, 3.63) is 33.9 Å². The summed E-state index contributed by atoms with van der Waals surface area (Å²) < 4.78 is 38.0. The largest absolute Gasteiger partial charge is 0.416 e. The van der Waals surface area contributed by atoms with Crippen LogP contribution in [0.15, 0.2) is 23.1 Å². The fourth-order valence-electron chi connectivity index (χ4n) is 2.78. The van der Waals surface area contributed by atoms with Crippen LogP contribution < -0.4 is 5.32 Å². The van der Waals surface area contributed by atoms with Crippen molar-refractivity contribution in [2.24, 2.45) is 5.92 Å². The molecule has 9 heteroatoms. The third kappa shape index (κ3) is 5.62. The van der Waals surface area contributed by atoms with Crippen molar-refractivity contribution in [1.82, 2.24) is 5.32 Å². The predicted molar refractivity (Wildman–Crippen MR) is 88.4 cm³/mol. The zero-order chi connectivity index (χ0) is 18.6. The highest BCUT2D eigenvalue weighted by molar-refractivity contribution is 8.00. The Hall–Kier alpha value is -1.77. The Morgan fingerprint density at radius 1 is 1.32 bits per heavy atom. The second-order valence-corrected chi connectivity index (χ2v) is 7.27. The number of carbonyl (C=O) groups is 1. The number of nitro benzene ring substituents is 1. The van der Waals surface area contributed by atoms with Crippen LogP contribution in [-0.4, -0.2) is 22.6 Å². The molecule has 0 radical (unpaired) electrons. The van der Waals surface area contributed by atoms with Crippen LogP contribution in [0.4, 0.5) is 18.9 Å². The Bertz CT molecular complexity index is 644. The zero-order valence-corrected chi connectivity index (χ0v) is 14.5. The number of carbonyl (C=O) groups excluding carboxylic acids is 1. The smallest absolute Gasteiger partial charge is 0.353 e. The van der Waals surface area contributed by atoms with Crippen LogP contribution in [0.1, 0.15) is 38.2 Å². The van der Waals surface area contributed by atoms with Gasteiger partial charge in [-0.1, -0.05) is 6.92 Å². The average molecular weight is 376 g/mol. The van der Waals surface area contributed by atoms with E-state index in [0.29, 0.717) is 12.0 Å². The molecule has 0 unspecified atom stereocenters. The molecule has 1 aromatic carbocycles. The summed E-state index contributed by atoms with van der Waals surface area (Å²) in [6.45, 7) is 2.16. The van der Waals surface area contributed by atoms with E-state index in [-0.39, 0.29) is 22.6 Å². The lowest BCUT2D eigenvalue weighted by Gasteiger charge is -2.26. The first kappa shape index (κ1) is 19.6. The monoisotopic (exact) mass is 376 g/mol. The number of amides is 1. The maximum atomic E-state index is 12.7. The van der Waals surface area contributed by atoms with Crippen LogP contribution in [0.5, 0.6) is 0 Å². The summed E-state index contributed by atoms with van der Waals surface area (Å²) in [6.07, 6.45) is -0.760. The van der Waals surface area contributed by atoms with Crippen molar-refractivity contribution in [2.45, 2.75) is 49.7 Å². The summed E-state index contributed by atoms with van der Waals surface area (Å²) in [6, 6.07) is 2.44. The number of nitrogens with one attached hydrogen (secondary N) is 1. The van der Waals surface area contributed by atoms with E-state index in [9.17, 15) is 28.1 Å². The van der Waals surface area contributed by atoms with Crippen LogP contribution in [0.3, 0.4) is 0 Å². The van der Waals surface area contributed by atoms with E-state index in [1.165, 1.54) is 0 Å². The van der Waals surface area contributed by atoms with Crippen LogP contribution >= 0.6 is 11.8 Å². The Morgan fingerprint density at radius 3 is 2.52 bits per heavy atom. The van der Waals surface area contributed by atoms with Crippen LogP contribution in [0.2, 0.25) is 0 Å². The molecule has 0 bridgehead atoms. The lowest BCUT2D eigenvalue weighted by Crippen LogP contribution is -2.38. The molecule has 1 fully saturated rings. The molecule has 0 aromatic heterocycles. The quantitative estimate of drug-likeness (QED) is 0.470. The normalized spacial score (nSPS) is 21.0. The number of hydrogen-bond acceptors (Lipinski definition) is 4. The molecule has 138 valence electrons. The molecule has 0 spiro atoms. The fraction of sp³-hybridized carbons (Fsp3) is 0.562. The van der Waals surface area contributed by atoms with Gasteiger partial charge in [0.25, 0.3) is 5.69 Å². The number of hydrogen-bond donors (Lipinski definition) is 1. The molecule has 1 aliphatic carbocycles. The highest BCUT2D eigenvalue weighted by Gasteiger charge is 2.33. The van der Waals surface area contributed by atoms with E-state index in [2.05, 4.69) is 12.2 Å². The molecule has 1 N–H and O–H groups in total. The Morgan fingerprint density at radius 2 is 1.96 bits per heavy atom. The summed E-state index contributed by atoms with van der Waals surface area (Å²) >= 11 is 0.871. The minimum Gasteiger partial charge on any atom is -0.353 e. The molecule has 0 aliphatic heterocycles. The molecule has 5 nitrogen and oxygen atoms in total. The summed E-state index contributed by atoms with van der Waals surface area (Å²) in [5, 5.41) is 13.9. The van der Waals surface area contributed by atoms with Gasteiger partial charge >= 0.3 is 6.18 Å². The van der Waals surface area contributed by atoms with Gasteiger partial charge in [-0.05, 0) is 43.7 Å². The number of benzene rings is 1. The van der Waals surface area contributed by atoms with E-state index in [1.807, 2.05) is 0 Å². The summed E-state index contributed by atoms with van der Waals surface area (Å²) in [5.41, 5.74) is -1.72. The van der Waals surface area contributed by atoms with Gasteiger partial charge in [0, 0.05) is 12.1 Å². The lowest BCUT2D eigenvalue weighted by molar-refractivity contribution is -0.388. The molecule has 0 heterocycles. The maximum absolute atomic E-state index is 12.7. The maximum Gasteiger partial charge on any atom is 0.416 e. The van der Waals surface area contributed by atoms with Crippen molar-refractivity contribution in [3.8, 4) is 0 Å². The van der Waals surface area contributed by atoms with Gasteiger partial charge in [-0.15, -0.1) is 11.8 Å². The second-order valence-electron chi connectivity index (χ2n) is 6.25. The third-order valence-corrected chi connectivity index (χ3v) is 5.29. The van der Waals surface area contributed by atoms with Crippen molar-refractivity contribution >= 4 is 23.4 Å². The number of alkyl halides is 3. The lowest BCUT2D eigenvalue weighted by atomic mass is 9.87. The number of rotatable bonds is 5. The highest BCUT2D eigenvalue weighted by Crippen LogP contribution is 2.36. The first-order valence-corrected chi connectivity index (χ1v) is 8.93. The Balaban J connectivity index is 1.97. The first-order valence-electron chi connectivity index (χ1n) is 7.94. The third-order valence-electron chi connectivity index (χ3n) is 4.22. The minimum atomic E-state index is -4.65. The number of nitrogens with zero attached hydrogens (tertiary/aromatic N) is 1. The molecular weight excluding hydrogens is 357 g/mol. The van der Waals surface area contributed by atoms with E-state index in [1.54, 1.807) is 0 Å². The van der Waals surface area contributed by atoms with Crippen LogP contribution in [-0.2, 0) is 11.0 Å². The standard InChI is InChI=1S/C16H19F3N2O3S/c1-10-2-5-12(6-3-10)20-15(22)9-25-14-7-4-11(16(17,18)19)8-13(14)21(23)24/h4,7-8,10,12H,2-3,5-6,9H2,1H3,(H,20,22). The highest BCUT2D eigenvalue weighted by atomic mass is 32.2. The van der Waals surface area contributed by atoms with Crippen LogP contribution in [0, 0.1) is 16.0 Å². The first-order chi connectivity index (χ1) is 11.7. The second kappa shape index (κ2) is 8.07. The van der Waals surface area contributed by atoms with Gasteiger partial charge in [-0.2, -0.15) is 13.2 Å². The van der Waals surface area contributed by atoms with E-state index in [4.69, 9.17) is 0 Å². The van der Waals surface area contributed by atoms with Crippen molar-refractivity contribution in [1.29, 1.82) is 0 Å². The Kier molecular flexibility index (Phi) is 6.31. The summed E-state index contributed by atoms with van der Waals surface area (Å²) in [7, 11) is 0. The van der Waals surface area contributed by atoms with Crippen molar-refractivity contribution in [2.75, 3.05) is 5.75 Å². The summed E-state index contributed by atoms with van der Waals surface area (Å²) in [5.74, 6) is 0.314. The molecule has 1 aliphatic rings. The number of halogens is 3. The Labute approximate surface area is 147 Å². The average Bonchev–Trinajstić information content (AvgIpc) is 2.54. The van der Waals surface area contributed by atoms with Gasteiger partial charge in [-0.3, -0.25) is 14.9 Å². The fourth-order valence-corrected chi connectivity index (χ4v) is 3.59. The zero-order valence-electron chi connectivity index (χ0n) is 13.6. The van der Waals surface area contributed by atoms with Gasteiger partial charge in [-0.25, -0.2) is 0 Å². The SMILES string of the molecule is CC1CCC(NC(=O)CSc2ccc(C(F)(F)F)cc2[N+](=O)[O-])CC1. The molecule has 0 atom stereocenters. The van der Waals surface area contributed by atoms with Gasteiger partial charge in [0.05, 0.1) is 21.1 Å². The van der Waals surface area contributed by atoms with Gasteiger partial charge in [0.15, 0.2) is 0 Å². The predicted octanol–water partition coefficient (Wildman–Crippen LogP) is 4.40. The van der Waals surface area contributed by atoms with Crippen LogP contribution in [0.25, 0.3) is 0 Å². The van der Waals surface area contributed by atoms with E-state index < -0.39 is 22.4 Å². The topological polar surface area (TPSA) is 72.2 Å². The van der Waals surface area contributed by atoms with Crippen molar-refractivity contribution in [3.63, 3.8) is 0 Å². The molecule has 1 saturated carbocycles. The molecular formula is C16H19F3N2O3S. The summed E-state index contributed by atoms with van der Waals surface area (Å²) in [4.78, 5) is 22.2. The molecule has 25 heavy (non-hydrogen) atoms. The van der Waals surface area contributed by atoms with E-state index >= 15 is 0 Å². The number of thioether (sulfide) groups is 1. The van der Waals surface area contributed by atoms with Crippen molar-refractivity contribution < 1.29 is 22.9 Å². The number of nitro groups is 1. The molecule has 2 rings (SSSR count). The van der Waals surface area contributed by atoms with Gasteiger partial charge in [0.2, 0.25) is 5.91 Å². The van der Waals surface area contributed by atoms with E-state index in [0.717, 1.165) is 49.6 Å². The molecule has 1 amide bonds. The molecule has 0 saturated heterocycles. The van der Waals surface area contributed by atoms with Gasteiger partial charge < -0.3 is 5.32 Å². The minimum absolute atomic E-state index is 0.0467. The molecule has 1 aromatic rings. The van der Waals surface area contributed by atoms with Gasteiger partial charge in [0.1, 0.15) is 0 Å².